The summed E-state index contributed by atoms with van der Waals surface area (Å²) in [6.45, 7) is 0.666. The molecule has 0 fully saturated rings. The Bertz CT molecular complexity index is 1100. The van der Waals surface area contributed by atoms with Gasteiger partial charge in [-0.1, -0.05) is 54.6 Å². The molecule has 1 aromatic heterocycles. The van der Waals surface area contributed by atoms with E-state index in [9.17, 15) is 4.79 Å². The molecule has 4 rings (SSSR count). The number of methoxy groups -OCH3 is 1. The van der Waals surface area contributed by atoms with Gasteiger partial charge in [0.25, 0.3) is 0 Å². The van der Waals surface area contributed by atoms with Gasteiger partial charge in [0, 0.05) is 23.4 Å². The number of hydrogen-bond acceptors (Lipinski definition) is 4. The van der Waals surface area contributed by atoms with Gasteiger partial charge in [-0.15, -0.1) is 11.8 Å². The molecule has 0 saturated carbocycles. The number of thioether (sulfide) groups is 1. The van der Waals surface area contributed by atoms with Crippen LogP contribution in [0.4, 0.5) is 0 Å². The van der Waals surface area contributed by atoms with Crippen LogP contribution in [0.1, 0.15) is 21.6 Å². The summed E-state index contributed by atoms with van der Waals surface area (Å²) >= 11 is 1.83. The number of esters is 1. The predicted octanol–water partition coefficient (Wildman–Crippen LogP) is 5.16. The topological polar surface area (TPSA) is 44.1 Å². The molecule has 0 N–H and O–H groups in total. The first kappa shape index (κ1) is 18.3. The molecule has 3 aromatic carbocycles. The van der Waals surface area contributed by atoms with Crippen LogP contribution in [0.3, 0.4) is 0 Å². The number of imidazole rings is 1. The zero-order valence-electron chi connectivity index (χ0n) is 15.5. The van der Waals surface area contributed by atoms with Gasteiger partial charge >= 0.3 is 5.97 Å². The quantitative estimate of drug-likeness (QED) is 0.338. The number of rotatable bonds is 6. The van der Waals surface area contributed by atoms with Crippen molar-refractivity contribution in [2.45, 2.75) is 17.2 Å². The van der Waals surface area contributed by atoms with Crippen LogP contribution in [0.15, 0.2) is 84.1 Å². The monoisotopic (exact) mass is 388 g/mol. The molecule has 5 heteroatoms. The molecule has 1 heterocycles. The van der Waals surface area contributed by atoms with E-state index in [1.165, 1.54) is 28.3 Å². The second-order valence-corrected chi connectivity index (χ2v) is 7.59. The summed E-state index contributed by atoms with van der Waals surface area (Å²) < 4.78 is 6.56. The molecule has 4 aromatic rings. The van der Waals surface area contributed by atoms with E-state index in [-0.39, 0.29) is 0 Å². The maximum atomic E-state index is 11.5. The summed E-state index contributed by atoms with van der Waals surface area (Å²) in [5, 5.41) is 2.55. The van der Waals surface area contributed by atoms with Crippen LogP contribution < -0.4 is 0 Å². The first-order valence-corrected chi connectivity index (χ1v) is 9.99. The lowest BCUT2D eigenvalue weighted by atomic mass is 10.1. The second-order valence-electron chi connectivity index (χ2n) is 6.54. The zero-order chi connectivity index (χ0) is 19.3. The molecule has 0 atom stereocenters. The Labute approximate surface area is 168 Å². The number of carbonyl (C=O) groups is 1. The summed E-state index contributed by atoms with van der Waals surface area (Å²) in [4.78, 5) is 16.8. The second kappa shape index (κ2) is 8.31. The van der Waals surface area contributed by atoms with Gasteiger partial charge in [-0.05, 0) is 34.0 Å². The van der Waals surface area contributed by atoms with E-state index in [1.807, 2.05) is 16.3 Å². The number of nitrogens with zero attached hydrogens (tertiary/aromatic N) is 2. The average molecular weight is 388 g/mol. The number of aromatic nitrogens is 2. The Morgan fingerprint density at radius 1 is 1.00 bits per heavy atom. The van der Waals surface area contributed by atoms with Crippen LogP contribution in [0.2, 0.25) is 0 Å². The van der Waals surface area contributed by atoms with Crippen molar-refractivity contribution in [2.75, 3.05) is 7.11 Å². The van der Waals surface area contributed by atoms with E-state index in [1.54, 1.807) is 12.5 Å². The fourth-order valence-electron chi connectivity index (χ4n) is 3.05. The third kappa shape index (κ3) is 4.26. The minimum Gasteiger partial charge on any atom is -0.464 e. The summed E-state index contributed by atoms with van der Waals surface area (Å²) in [7, 11) is 1.36. The first-order chi connectivity index (χ1) is 13.7. The number of benzene rings is 3. The van der Waals surface area contributed by atoms with Crippen LogP contribution in [-0.4, -0.2) is 22.6 Å². The molecule has 0 saturated heterocycles. The van der Waals surface area contributed by atoms with E-state index in [4.69, 9.17) is 0 Å². The summed E-state index contributed by atoms with van der Waals surface area (Å²) in [6.07, 6.45) is 3.35. The number of hydrogen-bond donors (Lipinski definition) is 0. The molecule has 0 aliphatic carbocycles. The van der Waals surface area contributed by atoms with E-state index >= 15 is 0 Å². The molecule has 0 unspecified atom stereocenters. The Morgan fingerprint density at radius 3 is 2.54 bits per heavy atom. The van der Waals surface area contributed by atoms with Crippen LogP contribution in [0, 0.1) is 0 Å². The van der Waals surface area contributed by atoms with Gasteiger partial charge < -0.3 is 9.30 Å². The van der Waals surface area contributed by atoms with Crippen molar-refractivity contribution < 1.29 is 9.53 Å². The minimum atomic E-state index is -0.417. The average Bonchev–Trinajstić information content (AvgIpc) is 3.21. The van der Waals surface area contributed by atoms with Crippen molar-refractivity contribution >= 4 is 28.5 Å². The lowest BCUT2D eigenvalue weighted by Crippen LogP contribution is -2.01. The summed E-state index contributed by atoms with van der Waals surface area (Å²) in [5.41, 5.74) is 2.80. The van der Waals surface area contributed by atoms with E-state index in [0.717, 1.165) is 11.3 Å². The van der Waals surface area contributed by atoms with Gasteiger partial charge in [0.05, 0.1) is 13.4 Å². The van der Waals surface area contributed by atoms with Crippen LogP contribution >= 0.6 is 11.8 Å². The molecule has 28 heavy (non-hydrogen) atoms. The van der Waals surface area contributed by atoms with Crippen molar-refractivity contribution in [3.05, 3.63) is 96.1 Å². The highest BCUT2D eigenvalue weighted by Crippen LogP contribution is 2.25. The lowest BCUT2D eigenvalue weighted by molar-refractivity contribution is 0.0594. The molecule has 0 aliphatic heterocycles. The van der Waals surface area contributed by atoms with E-state index in [0.29, 0.717) is 12.2 Å². The molecule has 140 valence electrons. The zero-order valence-corrected chi connectivity index (χ0v) is 16.4. The van der Waals surface area contributed by atoms with E-state index < -0.39 is 5.97 Å². The Morgan fingerprint density at radius 2 is 1.75 bits per heavy atom. The van der Waals surface area contributed by atoms with Crippen LogP contribution in [-0.2, 0) is 17.0 Å². The van der Waals surface area contributed by atoms with Crippen molar-refractivity contribution in [3.63, 3.8) is 0 Å². The van der Waals surface area contributed by atoms with Gasteiger partial charge in [-0.2, -0.15) is 0 Å². The van der Waals surface area contributed by atoms with Gasteiger partial charge in [0.2, 0.25) is 0 Å². The third-order valence-corrected chi connectivity index (χ3v) is 5.62. The minimum absolute atomic E-state index is 0.324. The number of carbonyl (C=O) groups excluding carboxylic acids is 1. The SMILES string of the molecule is COC(=O)c1cn(Cc2ccc(SCc3ccc4ccccc4c3)cc2)cn1. The van der Waals surface area contributed by atoms with Crippen LogP contribution in [0.25, 0.3) is 10.8 Å². The van der Waals surface area contributed by atoms with Crippen LogP contribution in [0.5, 0.6) is 0 Å². The Hall–Kier alpha value is -3.05. The molecule has 4 nitrogen and oxygen atoms in total. The van der Waals surface area contributed by atoms with Crippen molar-refractivity contribution in [3.8, 4) is 0 Å². The van der Waals surface area contributed by atoms with Gasteiger partial charge in [0.15, 0.2) is 5.69 Å². The molecular weight excluding hydrogens is 368 g/mol. The highest BCUT2D eigenvalue weighted by molar-refractivity contribution is 7.98. The first-order valence-electron chi connectivity index (χ1n) is 9.01. The largest absolute Gasteiger partial charge is 0.464 e. The van der Waals surface area contributed by atoms with Crippen molar-refractivity contribution in [1.82, 2.24) is 9.55 Å². The van der Waals surface area contributed by atoms with Gasteiger partial charge in [0.1, 0.15) is 0 Å². The molecule has 0 spiro atoms. The number of ether oxygens (including phenoxy) is 1. The third-order valence-electron chi connectivity index (χ3n) is 4.54. The standard InChI is InChI=1S/C23H20N2O2S/c1-27-23(26)22-14-25(16-24-22)13-17-7-10-21(11-8-17)28-15-18-6-9-19-4-2-3-5-20(19)12-18/h2-12,14,16H,13,15H2,1H3. The predicted molar refractivity (Wildman–Crippen MR) is 113 cm³/mol. The fourth-order valence-corrected chi connectivity index (χ4v) is 3.90. The lowest BCUT2D eigenvalue weighted by Gasteiger charge is -2.06. The smallest absolute Gasteiger partial charge is 0.358 e. The highest BCUT2D eigenvalue weighted by Gasteiger charge is 2.09. The molecule has 0 bridgehead atoms. The van der Waals surface area contributed by atoms with Crippen molar-refractivity contribution in [2.24, 2.45) is 0 Å². The fraction of sp³-hybridized carbons (Fsp3) is 0.130. The normalized spacial score (nSPS) is 10.9. The molecule has 0 amide bonds. The summed E-state index contributed by atoms with van der Waals surface area (Å²) in [5.74, 6) is 0.521. The molecule has 0 aliphatic rings. The maximum absolute atomic E-state index is 11.5. The summed E-state index contributed by atoms with van der Waals surface area (Å²) in [6, 6.07) is 23.6. The number of fused-ring (bicyclic) bond motifs is 1. The molecular formula is C23H20N2O2S. The van der Waals surface area contributed by atoms with E-state index in [2.05, 4.69) is 76.5 Å². The van der Waals surface area contributed by atoms with Gasteiger partial charge in [-0.25, -0.2) is 9.78 Å². The maximum Gasteiger partial charge on any atom is 0.358 e. The van der Waals surface area contributed by atoms with Gasteiger partial charge in [-0.3, -0.25) is 0 Å². The Kier molecular flexibility index (Phi) is 5.44. The highest BCUT2D eigenvalue weighted by atomic mass is 32.2. The van der Waals surface area contributed by atoms with Crippen molar-refractivity contribution in [1.29, 1.82) is 0 Å². The Balaban J connectivity index is 1.37. The molecule has 0 radical (unpaired) electrons.